The molecule has 0 amide bonds. The molecule has 2 rings (SSSR count). The average Bonchev–Trinajstić information content (AvgIpc) is 2.47. The molecule has 22 heavy (non-hydrogen) atoms. The molecule has 0 spiro atoms. The van der Waals surface area contributed by atoms with Gasteiger partial charge in [-0.3, -0.25) is 0 Å². The largest absolute Gasteiger partial charge is 0.497 e. The molecule has 0 aliphatic carbocycles. The van der Waals surface area contributed by atoms with Crippen molar-refractivity contribution in [1.82, 2.24) is 0 Å². The Hall–Kier alpha value is -1.79. The van der Waals surface area contributed by atoms with E-state index in [2.05, 4.69) is 26.6 Å². The van der Waals surface area contributed by atoms with Crippen LogP contribution in [0.3, 0.4) is 0 Å². The summed E-state index contributed by atoms with van der Waals surface area (Å²) in [7, 11) is 1.63. The van der Waals surface area contributed by atoms with Crippen LogP contribution in [0.5, 0.6) is 11.5 Å². The predicted molar refractivity (Wildman–Crippen MR) is 98.1 cm³/mol. The Kier molecular flexibility index (Phi) is 6.03. The lowest BCUT2D eigenvalue weighted by Gasteiger charge is -2.13. The van der Waals surface area contributed by atoms with Gasteiger partial charge >= 0.3 is 0 Å². The Bertz CT molecular complexity index is 664. The van der Waals surface area contributed by atoms with E-state index in [0.29, 0.717) is 11.7 Å². The van der Waals surface area contributed by atoms with Gasteiger partial charge in [-0.05, 0) is 43.4 Å². The highest BCUT2D eigenvalue weighted by Crippen LogP contribution is 2.25. The van der Waals surface area contributed by atoms with E-state index in [1.165, 1.54) is 0 Å². The first-order chi connectivity index (χ1) is 10.6. The van der Waals surface area contributed by atoms with Crippen molar-refractivity contribution in [2.24, 2.45) is 0 Å². The summed E-state index contributed by atoms with van der Waals surface area (Å²) in [4.78, 5) is 0. The zero-order valence-corrected chi connectivity index (χ0v) is 14.8. The molecule has 4 nitrogen and oxygen atoms in total. The molecule has 0 saturated heterocycles. The molecule has 6 heteroatoms. The summed E-state index contributed by atoms with van der Waals surface area (Å²) in [6.07, 6.45) is 0. The third kappa shape index (κ3) is 4.89. The molecule has 0 saturated carbocycles. The van der Waals surface area contributed by atoms with Gasteiger partial charge in [0.25, 0.3) is 0 Å². The van der Waals surface area contributed by atoms with Crippen LogP contribution in [-0.2, 0) is 0 Å². The van der Waals surface area contributed by atoms with Crippen molar-refractivity contribution in [3.63, 3.8) is 0 Å². The van der Waals surface area contributed by atoms with Gasteiger partial charge in [-0.25, -0.2) is 0 Å². The van der Waals surface area contributed by atoms with Crippen molar-refractivity contribution in [3.05, 3.63) is 46.9 Å². The Balaban J connectivity index is 2.03. The van der Waals surface area contributed by atoms with Crippen molar-refractivity contribution < 1.29 is 9.47 Å². The highest BCUT2D eigenvalue weighted by molar-refractivity contribution is 9.10. The molecule has 2 aromatic rings. The summed E-state index contributed by atoms with van der Waals surface area (Å²) in [6.45, 7) is 2.58. The normalized spacial score (nSPS) is 9.95. The number of nitrogens with one attached hydrogen (secondary N) is 2. The molecule has 0 fully saturated rings. The molecular formula is C16H17BrN2O2S. The van der Waals surface area contributed by atoms with Crippen molar-refractivity contribution in [3.8, 4) is 11.5 Å². The summed E-state index contributed by atoms with van der Waals surface area (Å²) >= 11 is 8.77. The average molecular weight is 381 g/mol. The molecule has 0 heterocycles. The molecule has 0 bridgehead atoms. The van der Waals surface area contributed by atoms with Crippen LogP contribution in [0.25, 0.3) is 0 Å². The van der Waals surface area contributed by atoms with E-state index in [4.69, 9.17) is 21.7 Å². The van der Waals surface area contributed by atoms with Gasteiger partial charge in [0.05, 0.1) is 13.7 Å². The second-order valence-electron chi connectivity index (χ2n) is 4.42. The van der Waals surface area contributed by atoms with Gasteiger partial charge in [0, 0.05) is 28.0 Å². The number of rotatable bonds is 5. The summed E-state index contributed by atoms with van der Waals surface area (Å²) < 4.78 is 11.6. The topological polar surface area (TPSA) is 42.5 Å². The standard InChI is InChI=1S/C16H17BrN2O2S/c1-3-21-14-6-4-5-12(9-14)18-16(22)19-13-7-11(17)8-15(10-13)20-2/h4-10H,3H2,1-2H3,(H2,18,19,22). The zero-order chi connectivity index (χ0) is 15.9. The predicted octanol–water partition coefficient (Wildman–Crippen LogP) is 4.67. The maximum Gasteiger partial charge on any atom is 0.175 e. The summed E-state index contributed by atoms with van der Waals surface area (Å²) in [6, 6.07) is 13.3. The van der Waals surface area contributed by atoms with Crippen molar-refractivity contribution >= 4 is 44.6 Å². The monoisotopic (exact) mass is 380 g/mol. The lowest BCUT2D eigenvalue weighted by atomic mass is 10.3. The first-order valence-electron chi connectivity index (χ1n) is 6.76. The van der Waals surface area contributed by atoms with Crippen LogP contribution in [-0.4, -0.2) is 18.8 Å². The van der Waals surface area contributed by atoms with E-state index >= 15 is 0 Å². The Morgan fingerprint density at radius 3 is 2.55 bits per heavy atom. The summed E-state index contributed by atoms with van der Waals surface area (Å²) in [5.41, 5.74) is 1.70. The van der Waals surface area contributed by atoms with E-state index in [1.807, 2.05) is 49.4 Å². The summed E-state index contributed by atoms with van der Waals surface area (Å²) in [5, 5.41) is 6.75. The van der Waals surface area contributed by atoms with E-state index < -0.39 is 0 Å². The molecule has 0 aromatic heterocycles. The van der Waals surface area contributed by atoms with Crippen LogP contribution in [0, 0.1) is 0 Å². The molecule has 0 radical (unpaired) electrons. The van der Waals surface area contributed by atoms with Gasteiger partial charge < -0.3 is 20.1 Å². The van der Waals surface area contributed by atoms with E-state index in [0.717, 1.165) is 27.3 Å². The number of halogens is 1. The fourth-order valence-corrected chi connectivity index (χ4v) is 2.58. The SMILES string of the molecule is CCOc1cccc(NC(=S)Nc2cc(Br)cc(OC)c2)c1. The minimum Gasteiger partial charge on any atom is -0.497 e. The smallest absolute Gasteiger partial charge is 0.175 e. The van der Waals surface area contributed by atoms with Crippen LogP contribution in [0.1, 0.15) is 6.92 Å². The first-order valence-corrected chi connectivity index (χ1v) is 7.96. The molecule has 2 aromatic carbocycles. The summed E-state index contributed by atoms with van der Waals surface area (Å²) in [5.74, 6) is 1.55. The van der Waals surface area contributed by atoms with Gasteiger partial charge in [0.15, 0.2) is 5.11 Å². The highest BCUT2D eigenvalue weighted by Gasteiger charge is 2.03. The van der Waals surface area contributed by atoms with E-state index in [1.54, 1.807) is 7.11 Å². The zero-order valence-electron chi connectivity index (χ0n) is 12.4. The molecular weight excluding hydrogens is 364 g/mol. The second-order valence-corrected chi connectivity index (χ2v) is 5.74. The van der Waals surface area contributed by atoms with Gasteiger partial charge in [-0.15, -0.1) is 0 Å². The van der Waals surface area contributed by atoms with Crippen LogP contribution >= 0.6 is 28.1 Å². The maximum atomic E-state index is 5.47. The third-order valence-electron chi connectivity index (χ3n) is 2.77. The van der Waals surface area contributed by atoms with Crippen molar-refractivity contribution in [2.45, 2.75) is 6.92 Å². The highest BCUT2D eigenvalue weighted by atomic mass is 79.9. The fraction of sp³-hybridized carbons (Fsp3) is 0.188. The number of hydrogen-bond acceptors (Lipinski definition) is 3. The third-order valence-corrected chi connectivity index (χ3v) is 3.43. The van der Waals surface area contributed by atoms with Crippen LogP contribution in [0.4, 0.5) is 11.4 Å². The van der Waals surface area contributed by atoms with Crippen molar-refractivity contribution in [2.75, 3.05) is 24.4 Å². The number of benzene rings is 2. The Labute approximate surface area is 144 Å². The molecule has 2 N–H and O–H groups in total. The lowest BCUT2D eigenvalue weighted by Crippen LogP contribution is -2.19. The fourth-order valence-electron chi connectivity index (χ4n) is 1.88. The minimum absolute atomic E-state index is 0.494. The van der Waals surface area contributed by atoms with E-state index in [-0.39, 0.29) is 0 Å². The number of ether oxygens (including phenoxy) is 2. The second kappa shape index (κ2) is 8.00. The lowest BCUT2D eigenvalue weighted by molar-refractivity contribution is 0.340. The van der Waals surface area contributed by atoms with Gasteiger partial charge in [0.2, 0.25) is 0 Å². The quantitative estimate of drug-likeness (QED) is 0.738. The van der Waals surface area contributed by atoms with Gasteiger partial charge in [-0.2, -0.15) is 0 Å². The Morgan fingerprint density at radius 1 is 1.09 bits per heavy atom. The molecule has 0 unspecified atom stereocenters. The maximum absolute atomic E-state index is 5.47. The number of methoxy groups -OCH3 is 1. The molecule has 0 atom stereocenters. The Morgan fingerprint density at radius 2 is 1.82 bits per heavy atom. The first kappa shape index (κ1) is 16.6. The van der Waals surface area contributed by atoms with E-state index in [9.17, 15) is 0 Å². The van der Waals surface area contributed by atoms with Crippen LogP contribution in [0.2, 0.25) is 0 Å². The number of hydrogen-bond donors (Lipinski definition) is 2. The molecule has 0 aliphatic rings. The minimum atomic E-state index is 0.494. The van der Waals surface area contributed by atoms with Gasteiger partial charge in [-0.1, -0.05) is 22.0 Å². The van der Waals surface area contributed by atoms with Crippen LogP contribution in [0.15, 0.2) is 46.9 Å². The van der Waals surface area contributed by atoms with Crippen LogP contribution < -0.4 is 20.1 Å². The number of anilines is 2. The molecule has 0 aliphatic heterocycles. The van der Waals surface area contributed by atoms with Crippen molar-refractivity contribution in [1.29, 1.82) is 0 Å². The molecule has 116 valence electrons. The van der Waals surface area contributed by atoms with Gasteiger partial charge in [0.1, 0.15) is 11.5 Å². The number of thiocarbonyl (C=S) groups is 1.